The van der Waals surface area contributed by atoms with Crippen LogP contribution in [0.25, 0.3) is 0 Å². The quantitative estimate of drug-likeness (QED) is 0.550. The van der Waals surface area contributed by atoms with Gasteiger partial charge in [0.1, 0.15) is 13.2 Å². The fourth-order valence-electron chi connectivity index (χ4n) is 3.60. The Morgan fingerprint density at radius 1 is 0.833 bits per heavy atom. The largest absolute Gasteiger partial charge is 0.486 e. The van der Waals surface area contributed by atoms with Crippen LogP contribution in [0.2, 0.25) is 0 Å². The van der Waals surface area contributed by atoms with Crippen LogP contribution in [0, 0.1) is 0 Å². The molecule has 0 saturated heterocycles. The average molecular weight is 416 g/mol. The third-order valence-corrected chi connectivity index (χ3v) is 4.84. The lowest BCUT2D eigenvalue weighted by atomic mass is 10.1. The highest BCUT2D eigenvalue weighted by atomic mass is 19.4. The lowest BCUT2D eigenvalue weighted by Crippen LogP contribution is -2.33. The maximum atomic E-state index is 13.2. The van der Waals surface area contributed by atoms with Crippen LogP contribution in [-0.2, 0) is 19.6 Å². The van der Waals surface area contributed by atoms with Crippen LogP contribution < -0.4 is 9.47 Å². The molecule has 2 aromatic carbocycles. The zero-order chi connectivity index (χ0) is 21.0. The second-order valence-corrected chi connectivity index (χ2v) is 7.42. The van der Waals surface area contributed by atoms with Crippen LogP contribution in [0.4, 0.5) is 13.2 Å². The van der Waals surface area contributed by atoms with E-state index >= 15 is 0 Å². The second-order valence-electron chi connectivity index (χ2n) is 7.42. The van der Waals surface area contributed by atoms with Crippen LogP contribution in [-0.4, -0.2) is 35.4 Å². The van der Waals surface area contributed by atoms with Crippen molar-refractivity contribution in [1.29, 1.82) is 0 Å². The van der Waals surface area contributed by atoms with Gasteiger partial charge in [0.15, 0.2) is 11.5 Å². The van der Waals surface area contributed by atoms with E-state index in [0.717, 1.165) is 16.7 Å². The SMILES string of the molecule is FC(F)(F)CN(Cc1ccc2c(c1)OCCO2)Cc1ccn(Cc2ccccc2)c1. The fourth-order valence-corrected chi connectivity index (χ4v) is 3.60. The van der Waals surface area contributed by atoms with Crippen molar-refractivity contribution in [2.24, 2.45) is 0 Å². The minimum atomic E-state index is -4.28. The van der Waals surface area contributed by atoms with Crippen molar-refractivity contribution in [1.82, 2.24) is 9.47 Å². The molecule has 0 radical (unpaired) electrons. The second kappa shape index (κ2) is 8.83. The first kappa shape index (κ1) is 20.3. The Balaban J connectivity index is 1.46. The Morgan fingerprint density at radius 3 is 2.33 bits per heavy atom. The minimum Gasteiger partial charge on any atom is -0.486 e. The van der Waals surface area contributed by atoms with Crippen molar-refractivity contribution < 1.29 is 22.6 Å². The minimum absolute atomic E-state index is 0.167. The van der Waals surface area contributed by atoms with Gasteiger partial charge in [-0.25, -0.2) is 0 Å². The number of benzene rings is 2. The van der Waals surface area contributed by atoms with E-state index in [1.807, 2.05) is 53.4 Å². The number of nitrogens with zero attached hydrogens (tertiary/aromatic N) is 2. The molecule has 0 fully saturated rings. The zero-order valence-electron chi connectivity index (χ0n) is 16.4. The summed E-state index contributed by atoms with van der Waals surface area (Å²) in [6.45, 7) is 0.994. The summed E-state index contributed by atoms with van der Waals surface area (Å²) >= 11 is 0. The van der Waals surface area contributed by atoms with E-state index in [-0.39, 0.29) is 13.1 Å². The normalized spacial score (nSPS) is 13.6. The fraction of sp³-hybridized carbons (Fsp3) is 0.304. The highest BCUT2D eigenvalue weighted by Gasteiger charge is 2.31. The van der Waals surface area contributed by atoms with Crippen LogP contribution in [0.5, 0.6) is 11.5 Å². The number of fused-ring (bicyclic) bond motifs is 1. The molecule has 0 bridgehead atoms. The Labute approximate surface area is 173 Å². The Hall–Kier alpha value is -2.93. The van der Waals surface area contributed by atoms with Gasteiger partial charge in [-0.3, -0.25) is 4.90 Å². The van der Waals surface area contributed by atoms with Gasteiger partial charge in [-0.2, -0.15) is 13.2 Å². The molecule has 2 heterocycles. The molecular formula is C23H23F3N2O2. The molecule has 4 rings (SSSR count). The molecule has 30 heavy (non-hydrogen) atoms. The Bertz CT molecular complexity index is 970. The first-order valence-electron chi connectivity index (χ1n) is 9.81. The summed E-state index contributed by atoms with van der Waals surface area (Å²) in [6.07, 6.45) is -0.473. The summed E-state index contributed by atoms with van der Waals surface area (Å²) in [6, 6.07) is 17.1. The first-order valence-corrected chi connectivity index (χ1v) is 9.81. The molecule has 0 saturated carbocycles. The van der Waals surface area contributed by atoms with Gasteiger partial charge in [0.2, 0.25) is 0 Å². The number of aromatic nitrogens is 1. The summed E-state index contributed by atoms with van der Waals surface area (Å²) in [7, 11) is 0. The number of hydrogen-bond acceptors (Lipinski definition) is 3. The van der Waals surface area contributed by atoms with E-state index in [1.54, 1.807) is 18.2 Å². The molecule has 0 N–H and O–H groups in total. The number of rotatable bonds is 7. The summed E-state index contributed by atoms with van der Waals surface area (Å²) in [5.41, 5.74) is 2.74. The molecule has 0 spiro atoms. The van der Waals surface area contributed by atoms with Crippen molar-refractivity contribution in [3.63, 3.8) is 0 Å². The van der Waals surface area contributed by atoms with Gasteiger partial charge in [0.05, 0.1) is 6.54 Å². The van der Waals surface area contributed by atoms with Gasteiger partial charge in [0.25, 0.3) is 0 Å². The van der Waals surface area contributed by atoms with E-state index in [9.17, 15) is 13.2 Å². The smallest absolute Gasteiger partial charge is 0.401 e. The molecule has 1 aliphatic heterocycles. The monoisotopic (exact) mass is 416 g/mol. The van der Waals surface area contributed by atoms with E-state index in [1.165, 1.54) is 4.90 Å². The van der Waals surface area contributed by atoms with Crippen LogP contribution in [0.1, 0.15) is 16.7 Å². The maximum Gasteiger partial charge on any atom is 0.401 e. The van der Waals surface area contributed by atoms with Gasteiger partial charge >= 0.3 is 6.18 Å². The predicted octanol–water partition coefficient (Wildman–Crippen LogP) is 4.87. The van der Waals surface area contributed by atoms with E-state index < -0.39 is 12.7 Å². The van der Waals surface area contributed by atoms with Crippen molar-refractivity contribution in [3.8, 4) is 11.5 Å². The zero-order valence-corrected chi connectivity index (χ0v) is 16.4. The summed E-state index contributed by atoms with van der Waals surface area (Å²) in [4.78, 5) is 1.40. The number of alkyl halides is 3. The number of halogens is 3. The highest BCUT2D eigenvalue weighted by Crippen LogP contribution is 2.31. The molecule has 3 aromatic rings. The number of hydrogen-bond donors (Lipinski definition) is 0. The molecule has 1 aromatic heterocycles. The lowest BCUT2D eigenvalue weighted by molar-refractivity contribution is -0.148. The molecule has 0 unspecified atom stereocenters. The molecule has 7 heteroatoms. The average Bonchev–Trinajstić information content (AvgIpc) is 3.14. The Kier molecular flexibility index (Phi) is 5.99. The van der Waals surface area contributed by atoms with Gasteiger partial charge in [-0.15, -0.1) is 0 Å². The van der Waals surface area contributed by atoms with Gasteiger partial charge in [0, 0.05) is 32.0 Å². The summed E-state index contributed by atoms with van der Waals surface area (Å²) in [5.74, 6) is 1.21. The van der Waals surface area contributed by atoms with Crippen LogP contribution in [0.3, 0.4) is 0 Å². The van der Waals surface area contributed by atoms with Gasteiger partial charge < -0.3 is 14.0 Å². The van der Waals surface area contributed by atoms with Crippen molar-refractivity contribution >= 4 is 0 Å². The van der Waals surface area contributed by atoms with E-state index in [2.05, 4.69) is 0 Å². The highest BCUT2D eigenvalue weighted by molar-refractivity contribution is 5.43. The molecule has 158 valence electrons. The third-order valence-electron chi connectivity index (χ3n) is 4.84. The van der Waals surface area contributed by atoms with Crippen molar-refractivity contribution in [2.75, 3.05) is 19.8 Å². The van der Waals surface area contributed by atoms with E-state index in [4.69, 9.17) is 9.47 Å². The summed E-state index contributed by atoms with van der Waals surface area (Å²) in [5, 5.41) is 0. The van der Waals surface area contributed by atoms with Gasteiger partial charge in [-0.05, 0) is 34.9 Å². The topological polar surface area (TPSA) is 26.6 Å². The van der Waals surface area contributed by atoms with Crippen molar-refractivity contribution in [3.05, 3.63) is 83.7 Å². The molecule has 4 nitrogen and oxygen atoms in total. The molecule has 1 aliphatic rings. The third kappa shape index (κ3) is 5.57. The first-order chi connectivity index (χ1) is 14.4. The Morgan fingerprint density at radius 2 is 1.57 bits per heavy atom. The van der Waals surface area contributed by atoms with Gasteiger partial charge in [-0.1, -0.05) is 36.4 Å². The molecule has 0 aliphatic carbocycles. The molecule has 0 amide bonds. The summed E-state index contributed by atoms with van der Waals surface area (Å²) < 4.78 is 52.6. The number of ether oxygens (including phenoxy) is 2. The van der Waals surface area contributed by atoms with Crippen LogP contribution >= 0.6 is 0 Å². The van der Waals surface area contributed by atoms with E-state index in [0.29, 0.717) is 31.3 Å². The molecule has 0 atom stereocenters. The molecular weight excluding hydrogens is 393 g/mol. The van der Waals surface area contributed by atoms with Crippen molar-refractivity contribution in [2.45, 2.75) is 25.8 Å². The maximum absolute atomic E-state index is 13.2. The standard InChI is InChI=1S/C23H23F3N2O2/c24-23(25,26)17-28(14-19-6-7-21-22(12-19)30-11-10-29-21)16-20-8-9-27(15-20)13-18-4-2-1-3-5-18/h1-9,12,15H,10-11,13-14,16-17H2. The lowest BCUT2D eigenvalue weighted by Gasteiger charge is -2.24. The van der Waals surface area contributed by atoms with Crippen LogP contribution in [0.15, 0.2) is 67.0 Å². The predicted molar refractivity (Wildman–Crippen MR) is 108 cm³/mol.